The molecule has 1 aliphatic rings. The number of likely N-dealkylation sites (tertiary alicyclic amines) is 1. The summed E-state index contributed by atoms with van der Waals surface area (Å²) in [4.78, 5) is 2.21. The molecule has 7 heteroatoms. The van der Waals surface area contributed by atoms with Crippen LogP contribution in [0, 0.1) is 27.7 Å². The van der Waals surface area contributed by atoms with Crippen LogP contribution in [0.3, 0.4) is 0 Å². The Kier molecular flexibility index (Phi) is 6.11. The van der Waals surface area contributed by atoms with Crippen LogP contribution in [0.5, 0.6) is 5.75 Å². The SMILES string of the molecule is Cc1cc(CN2CCC(OCc3c(C)noc3C)C2)c(OC(F)F)cc1C. The molecule has 1 atom stereocenters. The lowest BCUT2D eigenvalue weighted by molar-refractivity contribution is -0.0508. The first kappa shape index (κ1) is 19.8. The minimum atomic E-state index is -2.82. The van der Waals surface area contributed by atoms with Gasteiger partial charge in [0.25, 0.3) is 0 Å². The van der Waals surface area contributed by atoms with E-state index in [-0.39, 0.29) is 11.9 Å². The molecule has 0 N–H and O–H groups in total. The van der Waals surface area contributed by atoms with E-state index in [1.807, 2.05) is 33.8 Å². The molecular weight excluding hydrogens is 354 g/mol. The molecule has 1 fully saturated rings. The summed E-state index contributed by atoms with van der Waals surface area (Å²) >= 11 is 0. The minimum absolute atomic E-state index is 0.102. The monoisotopic (exact) mass is 380 g/mol. The van der Waals surface area contributed by atoms with Crippen molar-refractivity contribution in [2.75, 3.05) is 13.1 Å². The van der Waals surface area contributed by atoms with Gasteiger partial charge in [-0.1, -0.05) is 11.2 Å². The molecular formula is C20H26F2N2O3. The van der Waals surface area contributed by atoms with E-state index in [2.05, 4.69) is 10.1 Å². The summed E-state index contributed by atoms with van der Waals surface area (Å²) in [5.41, 5.74) is 4.64. The average molecular weight is 380 g/mol. The molecule has 27 heavy (non-hydrogen) atoms. The summed E-state index contributed by atoms with van der Waals surface area (Å²) in [5, 5.41) is 3.94. The van der Waals surface area contributed by atoms with Gasteiger partial charge in [-0.05, 0) is 51.3 Å². The number of hydrogen-bond acceptors (Lipinski definition) is 5. The van der Waals surface area contributed by atoms with Crippen molar-refractivity contribution in [2.45, 2.75) is 60.0 Å². The zero-order valence-corrected chi connectivity index (χ0v) is 16.2. The Labute approximate surface area is 158 Å². The molecule has 2 heterocycles. The van der Waals surface area contributed by atoms with Gasteiger partial charge in [-0.2, -0.15) is 8.78 Å². The highest BCUT2D eigenvalue weighted by Crippen LogP contribution is 2.28. The standard InChI is InChI=1S/C20H26F2N2O3/c1-12-7-16(19(8-13(12)2)26-20(21)22)9-24-6-5-17(10-24)25-11-18-14(3)23-27-15(18)4/h7-8,17,20H,5-6,9-11H2,1-4H3. The van der Waals surface area contributed by atoms with Gasteiger partial charge in [-0.25, -0.2) is 0 Å². The maximum absolute atomic E-state index is 12.7. The van der Waals surface area contributed by atoms with E-state index in [0.29, 0.717) is 13.2 Å². The zero-order valence-electron chi connectivity index (χ0n) is 16.2. The topological polar surface area (TPSA) is 47.7 Å². The van der Waals surface area contributed by atoms with Gasteiger partial charge in [0.15, 0.2) is 0 Å². The number of benzene rings is 1. The lowest BCUT2D eigenvalue weighted by atomic mass is 10.0. The third-order valence-corrected chi connectivity index (χ3v) is 5.16. The fraction of sp³-hybridized carbons (Fsp3) is 0.550. The molecule has 0 radical (unpaired) electrons. The van der Waals surface area contributed by atoms with Crippen LogP contribution in [-0.2, 0) is 17.9 Å². The van der Waals surface area contributed by atoms with Crippen LogP contribution in [0.25, 0.3) is 0 Å². The molecule has 148 valence electrons. The lowest BCUT2D eigenvalue weighted by Crippen LogP contribution is -2.23. The van der Waals surface area contributed by atoms with Gasteiger partial charge >= 0.3 is 6.61 Å². The number of aromatic nitrogens is 1. The molecule has 1 aliphatic heterocycles. The Morgan fingerprint density at radius 3 is 2.63 bits per heavy atom. The maximum Gasteiger partial charge on any atom is 0.387 e. The van der Waals surface area contributed by atoms with Gasteiger partial charge in [0.1, 0.15) is 11.5 Å². The fourth-order valence-corrected chi connectivity index (χ4v) is 3.41. The molecule has 0 amide bonds. The first-order valence-corrected chi connectivity index (χ1v) is 9.14. The molecule has 2 aromatic rings. The zero-order chi connectivity index (χ0) is 19.6. The van der Waals surface area contributed by atoms with E-state index in [9.17, 15) is 8.78 Å². The Morgan fingerprint density at radius 2 is 1.96 bits per heavy atom. The summed E-state index contributed by atoms with van der Waals surface area (Å²) < 4.78 is 41.4. The summed E-state index contributed by atoms with van der Waals surface area (Å²) in [7, 11) is 0. The summed E-state index contributed by atoms with van der Waals surface area (Å²) in [6.07, 6.45) is 1.00. The quantitative estimate of drug-likeness (QED) is 0.717. The van der Waals surface area contributed by atoms with Crippen LogP contribution < -0.4 is 4.74 Å². The molecule has 3 rings (SSSR count). The third-order valence-electron chi connectivity index (χ3n) is 5.16. The smallest absolute Gasteiger partial charge is 0.387 e. The highest BCUT2D eigenvalue weighted by atomic mass is 19.3. The van der Waals surface area contributed by atoms with E-state index in [1.165, 1.54) is 0 Å². The van der Waals surface area contributed by atoms with Gasteiger partial charge in [0.2, 0.25) is 0 Å². The van der Waals surface area contributed by atoms with Crippen LogP contribution in [-0.4, -0.2) is 35.9 Å². The second kappa shape index (κ2) is 8.35. The van der Waals surface area contributed by atoms with Crippen LogP contribution in [0.15, 0.2) is 16.7 Å². The summed E-state index contributed by atoms with van der Waals surface area (Å²) in [6, 6.07) is 3.63. The molecule has 1 saturated heterocycles. The molecule has 0 saturated carbocycles. The molecule has 1 unspecified atom stereocenters. The van der Waals surface area contributed by atoms with Crippen molar-refractivity contribution >= 4 is 0 Å². The largest absolute Gasteiger partial charge is 0.434 e. The fourth-order valence-electron chi connectivity index (χ4n) is 3.41. The number of rotatable bonds is 7. The normalized spacial score (nSPS) is 17.8. The Bertz CT molecular complexity index is 772. The first-order valence-electron chi connectivity index (χ1n) is 9.14. The van der Waals surface area contributed by atoms with Gasteiger partial charge in [-0.15, -0.1) is 0 Å². The van der Waals surface area contributed by atoms with E-state index in [0.717, 1.165) is 53.2 Å². The van der Waals surface area contributed by atoms with Crippen molar-refractivity contribution in [2.24, 2.45) is 0 Å². The van der Waals surface area contributed by atoms with E-state index in [4.69, 9.17) is 14.0 Å². The summed E-state index contributed by atoms with van der Waals surface area (Å²) in [5.74, 6) is 1.04. The van der Waals surface area contributed by atoms with Crippen LogP contribution in [0.4, 0.5) is 8.78 Å². The number of nitrogens with zero attached hydrogens (tertiary/aromatic N) is 2. The molecule has 0 spiro atoms. The highest BCUT2D eigenvalue weighted by molar-refractivity contribution is 5.41. The van der Waals surface area contributed by atoms with Crippen LogP contribution >= 0.6 is 0 Å². The number of alkyl halides is 2. The lowest BCUT2D eigenvalue weighted by Gasteiger charge is -2.20. The van der Waals surface area contributed by atoms with Gasteiger partial charge in [0, 0.05) is 30.8 Å². The highest BCUT2D eigenvalue weighted by Gasteiger charge is 2.25. The predicted octanol–water partition coefficient (Wildman–Crippen LogP) is 4.30. The van der Waals surface area contributed by atoms with Crippen molar-refractivity contribution < 1.29 is 22.8 Å². The Balaban J connectivity index is 1.60. The van der Waals surface area contributed by atoms with Crippen molar-refractivity contribution in [1.29, 1.82) is 0 Å². The van der Waals surface area contributed by atoms with Gasteiger partial charge < -0.3 is 14.0 Å². The first-order chi connectivity index (χ1) is 12.8. The third kappa shape index (κ3) is 4.84. The van der Waals surface area contributed by atoms with E-state index < -0.39 is 6.61 Å². The van der Waals surface area contributed by atoms with Crippen molar-refractivity contribution in [1.82, 2.24) is 10.1 Å². The van der Waals surface area contributed by atoms with Crippen molar-refractivity contribution in [3.8, 4) is 5.75 Å². The second-order valence-corrected chi connectivity index (χ2v) is 7.18. The number of hydrogen-bond donors (Lipinski definition) is 0. The predicted molar refractivity (Wildman–Crippen MR) is 97.0 cm³/mol. The van der Waals surface area contributed by atoms with Crippen LogP contribution in [0.1, 0.15) is 40.1 Å². The average Bonchev–Trinajstić information content (AvgIpc) is 3.17. The van der Waals surface area contributed by atoms with Crippen molar-refractivity contribution in [3.05, 3.63) is 45.8 Å². The number of aryl methyl sites for hydroxylation is 4. The Morgan fingerprint density at radius 1 is 1.22 bits per heavy atom. The summed E-state index contributed by atoms with van der Waals surface area (Å²) in [6.45, 7) is 7.48. The van der Waals surface area contributed by atoms with Crippen LogP contribution in [0.2, 0.25) is 0 Å². The molecule has 1 aromatic heterocycles. The van der Waals surface area contributed by atoms with Gasteiger partial charge in [-0.3, -0.25) is 4.90 Å². The van der Waals surface area contributed by atoms with E-state index >= 15 is 0 Å². The maximum atomic E-state index is 12.7. The molecule has 5 nitrogen and oxygen atoms in total. The number of ether oxygens (including phenoxy) is 2. The second-order valence-electron chi connectivity index (χ2n) is 7.18. The molecule has 0 bridgehead atoms. The minimum Gasteiger partial charge on any atom is -0.434 e. The molecule has 1 aromatic carbocycles. The number of halogens is 2. The van der Waals surface area contributed by atoms with Crippen molar-refractivity contribution in [3.63, 3.8) is 0 Å². The Hall–Kier alpha value is -1.99. The van der Waals surface area contributed by atoms with Gasteiger partial charge in [0.05, 0.1) is 18.4 Å². The molecule has 0 aliphatic carbocycles. The van der Waals surface area contributed by atoms with E-state index in [1.54, 1.807) is 6.07 Å².